The molecule has 27 heavy (non-hydrogen) atoms. The van der Waals surface area contributed by atoms with Crippen LogP contribution in [0.5, 0.6) is 11.5 Å². The van der Waals surface area contributed by atoms with Gasteiger partial charge in [-0.25, -0.2) is 9.59 Å². The van der Waals surface area contributed by atoms with Crippen LogP contribution in [0.25, 0.3) is 6.08 Å². The number of carbonyl (C=O) groups is 2. The van der Waals surface area contributed by atoms with E-state index in [0.717, 1.165) is 6.08 Å². The maximum absolute atomic E-state index is 12.1. The molecule has 0 unspecified atom stereocenters. The number of aromatic nitrogens is 1. The van der Waals surface area contributed by atoms with Gasteiger partial charge in [0.15, 0.2) is 12.4 Å². The Morgan fingerprint density at radius 1 is 1.26 bits per heavy atom. The molecular weight excluding hydrogens is 354 g/mol. The van der Waals surface area contributed by atoms with E-state index >= 15 is 0 Å². The Morgan fingerprint density at radius 3 is 2.59 bits per heavy atom. The first-order chi connectivity index (χ1) is 12.9. The molecule has 144 valence electrons. The van der Waals surface area contributed by atoms with E-state index < -0.39 is 28.7 Å². The van der Waals surface area contributed by atoms with E-state index in [1.165, 1.54) is 44.6 Å². The van der Waals surface area contributed by atoms with E-state index in [1.807, 2.05) is 13.8 Å². The number of aryl methyl sites for hydroxylation is 1. The maximum atomic E-state index is 12.1. The fourth-order valence-electron chi connectivity index (χ4n) is 1.88. The van der Waals surface area contributed by atoms with Crippen molar-refractivity contribution in [2.24, 2.45) is 0 Å². The molecule has 0 aliphatic rings. The molecule has 2 rings (SSSR count). The molecule has 0 amide bonds. The predicted molar refractivity (Wildman–Crippen MR) is 97.8 cm³/mol. The minimum absolute atomic E-state index is 0.197. The molecule has 2 aromatic heterocycles. The zero-order chi connectivity index (χ0) is 20.4. The molecule has 2 heterocycles. The van der Waals surface area contributed by atoms with Crippen molar-refractivity contribution in [3.05, 3.63) is 57.9 Å². The second-order valence-corrected chi connectivity index (χ2v) is 4.92. The Morgan fingerprint density at radius 2 is 1.96 bits per heavy atom. The summed E-state index contributed by atoms with van der Waals surface area (Å²) in [5.41, 5.74) is -0.875. The quantitative estimate of drug-likeness (QED) is 0.465. The van der Waals surface area contributed by atoms with E-state index in [4.69, 9.17) is 9.15 Å². The summed E-state index contributed by atoms with van der Waals surface area (Å²) in [5, 5.41) is 9.74. The average Bonchev–Trinajstić information content (AvgIpc) is 2.65. The molecule has 8 heteroatoms. The van der Waals surface area contributed by atoms with E-state index in [9.17, 15) is 19.5 Å². The van der Waals surface area contributed by atoms with Gasteiger partial charge in [-0.3, -0.25) is 9.78 Å². The lowest BCUT2D eigenvalue weighted by molar-refractivity contribution is -0.142. The molecule has 1 N–H and O–H groups in total. The molecule has 0 atom stereocenters. The highest BCUT2D eigenvalue weighted by Gasteiger charge is 2.15. The van der Waals surface area contributed by atoms with Gasteiger partial charge in [0.1, 0.15) is 22.8 Å². The molecule has 0 saturated heterocycles. The predicted octanol–water partition coefficient (Wildman–Crippen LogP) is 2.52. The molecule has 8 nitrogen and oxygen atoms in total. The van der Waals surface area contributed by atoms with Crippen molar-refractivity contribution in [2.45, 2.75) is 20.8 Å². The molecule has 0 fully saturated rings. The van der Waals surface area contributed by atoms with Crippen molar-refractivity contribution in [2.75, 3.05) is 13.7 Å². The first-order valence-electron chi connectivity index (χ1n) is 8.11. The Labute approximate surface area is 156 Å². The summed E-state index contributed by atoms with van der Waals surface area (Å²) in [6.07, 6.45) is 5.33. The van der Waals surface area contributed by atoms with Crippen molar-refractivity contribution < 1.29 is 28.6 Å². The lowest BCUT2D eigenvalue weighted by Crippen LogP contribution is -2.13. The fourth-order valence-corrected chi connectivity index (χ4v) is 1.88. The molecule has 0 bridgehead atoms. The standard InChI is InChI=1S/C17H15NO7.C2H6/c1-10-5-14(20)16(17(22)25-10)13(19)4-3-11-6-12(8-18-7-11)24-9-15(21)23-2;1-2/h3-8,20H,9H2,1-2H3;1-2H3/b4-3+;. The number of pyridine rings is 1. The number of hydrogen-bond acceptors (Lipinski definition) is 8. The smallest absolute Gasteiger partial charge is 0.351 e. The summed E-state index contributed by atoms with van der Waals surface area (Å²) >= 11 is 0. The second kappa shape index (κ2) is 10.5. The zero-order valence-electron chi connectivity index (χ0n) is 15.5. The van der Waals surface area contributed by atoms with Crippen LogP contribution in [0.4, 0.5) is 0 Å². The molecule has 2 aromatic rings. The van der Waals surface area contributed by atoms with Crippen LogP contribution in [-0.4, -0.2) is 35.6 Å². The molecular formula is C19H21NO7. The summed E-state index contributed by atoms with van der Waals surface area (Å²) in [6.45, 7) is 5.21. The molecule has 0 saturated carbocycles. The van der Waals surface area contributed by atoms with E-state index in [1.54, 1.807) is 0 Å². The van der Waals surface area contributed by atoms with Crippen LogP contribution < -0.4 is 10.4 Å². The lowest BCUT2D eigenvalue weighted by Gasteiger charge is -2.04. The third-order valence-corrected chi connectivity index (χ3v) is 3.05. The van der Waals surface area contributed by atoms with E-state index in [2.05, 4.69) is 9.72 Å². The van der Waals surface area contributed by atoms with Gasteiger partial charge < -0.3 is 19.0 Å². The Kier molecular flexibility index (Phi) is 8.44. The maximum Gasteiger partial charge on any atom is 0.351 e. The highest BCUT2D eigenvalue weighted by atomic mass is 16.6. The molecule has 0 aromatic carbocycles. The van der Waals surface area contributed by atoms with Gasteiger partial charge in [0.2, 0.25) is 0 Å². The van der Waals surface area contributed by atoms with Crippen molar-refractivity contribution in [1.82, 2.24) is 4.98 Å². The number of esters is 1. The van der Waals surface area contributed by atoms with Crippen molar-refractivity contribution in [1.29, 1.82) is 0 Å². The SMILES string of the molecule is CC.COC(=O)COc1cncc(/C=C/C(=O)c2c(O)cc(C)oc2=O)c1. The highest BCUT2D eigenvalue weighted by molar-refractivity contribution is 6.08. The Hall–Kier alpha value is -3.42. The fraction of sp³-hybridized carbons (Fsp3) is 0.263. The first-order valence-corrected chi connectivity index (χ1v) is 8.11. The van der Waals surface area contributed by atoms with Gasteiger partial charge in [0.05, 0.1) is 13.3 Å². The van der Waals surface area contributed by atoms with Crippen LogP contribution in [-0.2, 0) is 9.53 Å². The summed E-state index contributed by atoms with van der Waals surface area (Å²) in [5.74, 6) is -1.21. The van der Waals surface area contributed by atoms with Crippen LogP contribution in [0.15, 0.2) is 39.8 Å². The minimum atomic E-state index is -0.916. The van der Waals surface area contributed by atoms with Crippen molar-refractivity contribution >= 4 is 17.8 Å². The molecule has 0 radical (unpaired) electrons. The van der Waals surface area contributed by atoms with Gasteiger partial charge in [0, 0.05) is 12.3 Å². The monoisotopic (exact) mass is 375 g/mol. The van der Waals surface area contributed by atoms with Crippen LogP contribution in [0.1, 0.15) is 35.5 Å². The van der Waals surface area contributed by atoms with Gasteiger partial charge in [-0.15, -0.1) is 0 Å². The number of carbonyl (C=O) groups excluding carboxylic acids is 2. The Balaban J connectivity index is 0.00000176. The second-order valence-electron chi connectivity index (χ2n) is 4.92. The first kappa shape index (κ1) is 21.6. The third kappa shape index (κ3) is 6.43. The van der Waals surface area contributed by atoms with Gasteiger partial charge in [-0.1, -0.05) is 13.8 Å². The van der Waals surface area contributed by atoms with Gasteiger partial charge in [-0.2, -0.15) is 0 Å². The van der Waals surface area contributed by atoms with Crippen LogP contribution in [0, 0.1) is 6.92 Å². The van der Waals surface area contributed by atoms with Crippen molar-refractivity contribution in [3.63, 3.8) is 0 Å². The number of ether oxygens (including phenoxy) is 2. The van der Waals surface area contributed by atoms with Crippen LogP contribution in [0.2, 0.25) is 0 Å². The lowest BCUT2D eigenvalue weighted by atomic mass is 10.1. The van der Waals surface area contributed by atoms with E-state index in [-0.39, 0.29) is 12.4 Å². The zero-order valence-corrected chi connectivity index (χ0v) is 15.5. The van der Waals surface area contributed by atoms with E-state index in [0.29, 0.717) is 11.3 Å². The topological polar surface area (TPSA) is 116 Å². The number of aromatic hydroxyl groups is 1. The number of hydrogen-bond donors (Lipinski definition) is 1. The largest absolute Gasteiger partial charge is 0.507 e. The number of nitrogens with zero attached hydrogens (tertiary/aromatic N) is 1. The molecule has 0 aliphatic carbocycles. The van der Waals surface area contributed by atoms with Gasteiger partial charge in [-0.05, 0) is 30.7 Å². The summed E-state index contributed by atoms with van der Waals surface area (Å²) in [6, 6.07) is 2.72. The number of ketones is 1. The van der Waals surface area contributed by atoms with Crippen LogP contribution >= 0.6 is 0 Å². The Bertz CT molecular complexity index is 884. The number of methoxy groups -OCH3 is 1. The molecule has 0 aliphatic heterocycles. The van der Waals surface area contributed by atoms with Crippen LogP contribution in [0.3, 0.4) is 0 Å². The summed E-state index contributed by atoms with van der Waals surface area (Å²) < 4.78 is 14.4. The van der Waals surface area contributed by atoms with Crippen molar-refractivity contribution in [3.8, 4) is 11.5 Å². The van der Waals surface area contributed by atoms with Gasteiger partial charge in [0.25, 0.3) is 0 Å². The summed E-state index contributed by atoms with van der Waals surface area (Å²) in [4.78, 5) is 38.7. The minimum Gasteiger partial charge on any atom is -0.507 e. The summed E-state index contributed by atoms with van der Waals surface area (Å²) in [7, 11) is 1.24. The number of rotatable bonds is 6. The normalized spacial score (nSPS) is 10.1. The third-order valence-electron chi connectivity index (χ3n) is 3.05. The molecule has 0 spiro atoms. The van der Waals surface area contributed by atoms with Gasteiger partial charge >= 0.3 is 11.6 Å². The number of allylic oxidation sites excluding steroid dienone is 1. The highest BCUT2D eigenvalue weighted by Crippen LogP contribution is 2.17. The average molecular weight is 375 g/mol.